The Morgan fingerprint density at radius 3 is 2.51 bits per heavy atom. The number of nitrogens with zero attached hydrogens (tertiary/aromatic N) is 2. The number of para-hydroxylation sites is 1. The minimum absolute atomic E-state index is 0.0759. The van der Waals surface area contributed by atoms with Crippen LogP contribution in [0.5, 0.6) is 0 Å². The maximum absolute atomic E-state index is 12.7. The summed E-state index contributed by atoms with van der Waals surface area (Å²) in [5.41, 5.74) is 2.93. The molecule has 1 amide bonds. The number of carbonyl (C=O) groups is 1. The predicted octanol–water partition coefficient (Wildman–Crippen LogP) is 3.27. The second-order valence-corrected chi connectivity index (χ2v) is 10.00. The number of nitrogens with one attached hydrogen (secondary N) is 1. The predicted molar refractivity (Wildman–Crippen MR) is 134 cm³/mol. The van der Waals surface area contributed by atoms with Gasteiger partial charge in [0, 0.05) is 38.4 Å². The van der Waals surface area contributed by atoms with Crippen LogP contribution in [0, 0.1) is 0 Å². The van der Waals surface area contributed by atoms with E-state index in [1.807, 2.05) is 18.2 Å². The van der Waals surface area contributed by atoms with E-state index in [2.05, 4.69) is 15.7 Å². The lowest BCUT2D eigenvalue weighted by molar-refractivity contribution is -0.125. The number of amides is 1. The van der Waals surface area contributed by atoms with Crippen LogP contribution in [0.25, 0.3) is 6.08 Å². The number of anilines is 1. The summed E-state index contributed by atoms with van der Waals surface area (Å²) in [6, 6.07) is 17.9. The van der Waals surface area contributed by atoms with E-state index in [9.17, 15) is 13.2 Å². The van der Waals surface area contributed by atoms with Crippen LogP contribution in [0.1, 0.15) is 16.9 Å². The number of morpholine rings is 1. The van der Waals surface area contributed by atoms with Gasteiger partial charge >= 0.3 is 0 Å². The molecule has 1 N–H and O–H groups in total. The maximum atomic E-state index is 12.7. The SMILES string of the molecule is CN(Cc1ccccc1N1CCOCC1)C(=O)C=Cc1ccc(S(=O)(=O)NCc2ccco2)cc1. The van der Waals surface area contributed by atoms with Gasteiger partial charge < -0.3 is 19.0 Å². The van der Waals surface area contributed by atoms with Crippen LogP contribution < -0.4 is 9.62 Å². The Morgan fingerprint density at radius 2 is 1.80 bits per heavy atom. The van der Waals surface area contributed by atoms with E-state index in [1.54, 1.807) is 42.3 Å². The van der Waals surface area contributed by atoms with E-state index in [0.29, 0.717) is 25.5 Å². The van der Waals surface area contributed by atoms with Crippen molar-refractivity contribution < 1.29 is 22.4 Å². The summed E-state index contributed by atoms with van der Waals surface area (Å²) in [5.74, 6) is 0.391. The standard InChI is InChI=1S/C26H29N3O5S/c1-28(20-22-5-2-3-7-25(22)29-14-17-33-18-15-29)26(30)13-10-21-8-11-24(12-9-21)35(31,32)27-19-23-6-4-16-34-23/h2-13,16,27H,14-15,17-20H2,1H3. The van der Waals surface area contributed by atoms with Gasteiger partial charge in [-0.2, -0.15) is 0 Å². The first-order valence-electron chi connectivity index (χ1n) is 11.4. The molecule has 3 aromatic rings. The molecule has 0 saturated carbocycles. The third-order valence-electron chi connectivity index (χ3n) is 5.75. The van der Waals surface area contributed by atoms with Gasteiger partial charge in [0.2, 0.25) is 15.9 Å². The number of hydrogen-bond acceptors (Lipinski definition) is 6. The van der Waals surface area contributed by atoms with Gasteiger partial charge in [0.15, 0.2) is 0 Å². The first-order valence-corrected chi connectivity index (χ1v) is 12.9. The number of likely N-dealkylation sites (N-methyl/N-ethyl adjacent to an activating group) is 1. The van der Waals surface area contributed by atoms with Gasteiger partial charge in [-0.25, -0.2) is 13.1 Å². The van der Waals surface area contributed by atoms with Crippen molar-refractivity contribution in [3.63, 3.8) is 0 Å². The topological polar surface area (TPSA) is 92.1 Å². The van der Waals surface area contributed by atoms with Crippen LogP contribution in [-0.2, 0) is 32.6 Å². The van der Waals surface area contributed by atoms with Crippen molar-refractivity contribution in [3.05, 3.63) is 89.9 Å². The highest BCUT2D eigenvalue weighted by Gasteiger charge is 2.17. The number of rotatable bonds is 9. The summed E-state index contributed by atoms with van der Waals surface area (Å²) >= 11 is 0. The van der Waals surface area contributed by atoms with Crippen molar-refractivity contribution in [2.75, 3.05) is 38.3 Å². The molecule has 1 fully saturated rings. The molecule has 1 aliphatic rings. The fourth-order valence-corrected chi connectivity index (χ4v) is 4.80. The van der Waals surface area contributed by atoms with Crippen molar-refractivity contribution in [1.82, 2.24) is 9.62 Å². The molecule has 184 valence electrons. The smallest absolute Gasteiger partial charge is 0.246 e. The quantitative estimate of drug-likeness (QED) is 0.458. The first kappa shape index (κ1) is 24.7. The highest BCUT2D eigenvalue weighted by molar-refractivity contribution is 7.89. The zero-order chi connectivity index (χ0) is 24.7. The number of ether oxygens (including phenoxy) is 1. The fraction of sp³-hybridized carbons (Fsp3) is 0.269. The maximum Gasteiger partial charge on any atom is 0.246 e. The molecule has 0 spiro atoms. The lowest BCUT2D eigenvalue weighted by Crippen LogP contribution is -2.37. The van der Waals surface area contributed by atoms with Crippen molar-refractivity contribution >= 4 is 27.7 Å². The Bertz CT molecular complexity index is 1250. The number of benzene rings is 2. The van der Waals surface area contributed by atoms with Crippen LogP contribution in [0.4, 0.5) is 5.69 Å². The lowest BCUT2D eigenvalue weighted by Gasteiger charge is -2.31. The summed E-state index contributed by atoms with van der Waals surface area (Å²) in [5, 5.41) is 0. The molecule has 1 saturated heterocycles. The summed E-state index contributed by atoms with van der Waals surface area (Å²) < 4.78 is 38.0. The number of carbonyl (C=O) groups excluding carboxylic acids is 1. The number of hydrogen-bond donors (Lipinski definition) is 1. The Hall–Kier alpha value is -3.40. The van der Waals surface area contributed by atoms with Gasteiger partial charge in [0.1, 0.15) is 5.76 Å². The molecular formula is C26H29N3O5S. The molecule has 9 heteroatoms. The van der Waals surface area contributed by atoms with Gasteiger partial charge in [-0.3, -0.25) is 4.79 Å². The van der Waals surface area contributed by atoms with Crippen molar-refractivity contribution in [2.24, 2.45) is 0 Å². The molecular weight excluding hydrogens is 466 g/mol. The van der Waals surface area contributed by atoms with Gasteiger partial charge in [-0.15, -0.1) is 0 Å². The molecule has 0 radical (unpaired) electrons. The zero-order valence-electron chi connectivity index (χ0n) is 19.6. The summed E-state index contributed by atoms with van der Waals surface area (Å²) in [6.45, 7) is 3.62. The van der Waals surface area contributed by atoms with E-state index in [4.69, 9.17) is 9.15 Å². The van der Waals surface area contributed by atoms with Crippen molar-refractivity contribution in [1.29, 1.82) is 0 Å². The third kappa shape index (κ3) is 6.60. The largest absolute Gasteiger partial charge is 0.468 e. The summed E-state index contributed by atoms with van der Waals surface area (Å²) in [7, 11) is -1.90. The monoisotopic (exact) mass is 495 g/mol. The molecule has 1 aromatic heterocycles. The molecule has 4 rings (SSSR count). The van der Waals surface area contributed by atoms with Crippen LogP contribution in [0.3, 0.4) is 0 Å². The molecule has 0 aliphatic carbocycles. The fourth-order valence-electron chi connectivity index (χ4n) is 3.81. The van der Waals surface area contributed by atoms with Gasteiger partial charge in [-0.05, 0) is 47.5 Å². The molecule has 1 aliphatic heterocycles. The highest BCUT2D eigenvalue weighted by atomic mass is 32.2. The van der Waals surface area contributed by atoms with Crippen LogP contribution >= 0.6 is 0 Å². The van der Waals surface area contributed by atoms with Gasteiger partial charge in [0.05, 0.1) is 30.9 Å². The van der Waals surface area contributed by atoms with Gasteiger partial charge in [0.25, 0.3) is 0 Å². The van der Waals surface area contributed by atoms with Gasteiger partial charge in [-0.1, -0.05) is 30.3 Å². The average molecular weight is 496 g/mol. The van der Waals surface area contributed by atoms with Crippen molar-refractivity contribution in [2.45, 2.75) is 18.0 Å². The Labute approximate surface area is 205 Å². The van der Waals surface area contributed by atoms with E-state index in [0.717, 1.165) is 29.9 Å². The molecule has 0 unspecified atom stereocenters. The van der Waals surface area contributed by atoms with Crippen LogP contribution in [0.15, 0.2) is 82.3 Å². The molecule has 2 heterocycles. The molecule has 35 heavy (non-hydrogen) atoms. The Kier molecular flexibility index (Phi) is 8.02. The van der Waals surface area contributed by atoms with E-state index >= 15 is 0 Å². The third-order valence-corrected chi connectivity index (χ3v) is 7.17. The summed E-state index contributed by atoms with van der Waals surface area (Å²) in [6.07, 6.45) is 4.67. The first-order chi connectivity index (χ1) is 16.9. The second-order valence-electron chi connectivity index (χ2n) is 8.23. The number of sulfonamides is 1. The number of furan rings is 1. The van der Waals surface area contributed by atoms with Crippen LogP contribution in [-0.4, -0.2) is 52.6 Å². The lowest BCUT2D eigenvalue weighted by atomic mass is 10.1. The molecule has 8 nitrogen and oxygen atoms in total. The Balaban J connectivity index is 1.35. The molecule has 2 aromatic carbocycles. The highest BCUT2D eigenvalue weighted by Crippen LogP contribution is 2.23. The average Bonchev–Trinajstić information content (AvgIpc) is 3.41. The van der Waals surface area contributed by atoms with Crippen LogP contribution in [0.2, 0.25) is 0 Å². The normalized spacial score (nSPS) is 14.4. The molecule has 0 bridgehead atoms. The van der Waals surface area contributed by atoms with E-state index in [1.165, 1.54) is 24.5 Å². The Morgan fingerprint density at radius 1 is 1.06 bits per heavy atom. The van der Waals surface area contributed by atoms with Crippen molar-refractivity contribution in [3.8, 4) is 0 Å². The zero-order valence-corrected chi connectivity index (χ0v) is 20.4. The molecule has 0 atom stereocenters. The van der Waals surface area contributed by atoms with E-state index < -0.39 is 10.0 Å². The summed E-state index contributed by atoms with van der Waals surface area (Å²) in [4.78, 5) is 16.8. The second kappa shape index (κ2) is 11.4. The van der Waals surface area contributed by atoms with E-state index in [-0.39, 0.29) is 17.3 Å². The minimum Gasteiger partial charge on any atom is -0.468 e. The minimum atomic E-state index is -3.67.